The predicted molar refractivity (Wildman–Crippen MR) is 166 cm³/mol. The van der Waals surface area contributed by atoms with Crippen LogP contribution in [0.5, 0.6) is 5.75 Å². The van der Waals surface area contributed by atoms with Gasteiger partial charge in [-0.25, -0.2) is 0 Å². The molecule has 0 bridgehead atoms. The molecule has 6 aliphatic rings. The van der Waals surface area contributed by atoms with Crippen LogP contribution in [-0.2, 0) is 15.1 Å². The molecule has 0 aromatic heterocycles. The van der Waals surface area contributed by atoms with E-state index in [1.807, 2.05) is 30.3 Å². The molecule has 2 aliphatic heterocycles. The van der Waals surface area contributed by atoms with Gasteiger partial charge >= 0.3 is 0 Å². The first-order chi connectivity index (χ1) is 20.6. The number of benzene rings is 2. The molecule has 2 heterocycles. The second-order valence-corrected chi connectivity index (χ2v) is 15.0. The van der Waals surface area contributed by atoms with Gasteiger partial charge in [-0.05, 0) is 98.9 Å². The van der Waals surface area contributed by atoms with Crippen LogP contribution in [0, 0.1) is 34.0 Å². The van der Waals surface area contributed by atoms with Crippen molar-refractivity contribution in [3.63, 3.8) is 0 Å². The van der Waals surface area contributed by atoms with Gasteiger partial charge in [-0.1, -0.05) is 55.8 Å². The van der Waals surface area contributed by atoms with Gasteiger partial charge < -0.3 is 15.2 Å². The van der Waals surface area contributed by atoms with Gasteiger partial charge in [0.25, 0.3) is 5.91 Å². The number of likely N-dealkylation sites (N-methyl/N-ethyl adjacent to an activating group) is 1. The van der Waals surface area contributed by atoms with Gasteiger partial charge in [0.15, 0.2) is 0 Å². The number of aliphatic hydroxyl groups excluding tert-OH is 1. The average molecular weight is 581 g/mol. The molecule has 9 atom stereocenters. The van der Waals surface area contributed by atoms with E-state index in [2.05, 4.69) is 55.4 Å². The zero-order valence-corrected chi connectivity index (χ0v) is 25.9. The number of hydrogen-bond acceptors (Lipinski definition) is 5. The van der Waals surface area contributed by atoms with Crippen LogP contribution in [0.2, 0.25) is 0 Å². The van der Waals surface area contributed by atoms with Gasteiger partial charge in [0, 0.05) is 29.1 Å². The largest absolute Gasteiger partial charge is 0.497 e. The van der Waals surface area contributed by atoms with Crippen molar-refractivity contribution in [2.75, 3.05) is 26.0 Å². The minimum absolute atomic E-state index is 0.0570. The zero-order valence-electron chi connectivity index (χ0n) is 25.9. The smallest absolute Gasteiger partial charge is 0.250 e. The fourth-order valence-electron chi connectivity index (χ4n) is 11.6. The second kappa shape index (κ2) is 9.04. The van der Waals surface area contributed by atoms with Gasteiger partial charge in [-0.2, -0.15) is 0 Å². The molecule has 2 N–H and O–H groups in total. The number of para-hydroxylation sites is 1. The number of fused-ring (bicyclic) bond motifs is 8. The number of hydrogen-bond donors (Lipinski definition) is 2. The molecular weight excluding hydrogens is 536 g/mol. The van der Waals surface area contributed by atoms with E-state index < -0.39 is 16.4 Å². The summed E-state index contributed by atoms with van der Waals surface area (Å²) in [5.74, 6) is 2.00. The van der Waals surface area contributed by atoms with Crippen LogP contribution >= 0.6 is 0 Å². The van der Waals surface area contributed by atoms with Crippen LogP contribution < -0.4 is 10.1 Å². The van der Waals surface area contributed by atoms with E-state index in [1.165, 1.54) is 5.57 Å². The highest BCUT2D eigenvalue weighted by atomic mass is 16.5. The number of ketones is 1. The summed E-state index contributed by atoms with van der Waals surface area (Å²) in [4.78, 5) is 32.4. The Labute approximate surface area is 254 Å². The summed E-state index contributed by atoms with van der Waals surface area (Å²) < 4.78 is 5.50. The Morgan fingerprint density at radius 3 is 2.49 bits per heavy atom. The lowest BCUT2D eigenvalue weighted by Crippen LogP contribution is -2.58. The highest BCUT2D eigenvalue weighted by Gasteiger charge is 2.80. The number of likely N-dealkylation sites (tertiary alicyclic amines) is 1. The lowest BCUT2D eigenvalue weighted by Gasteiger charge is -2.56. The van der Waals surface area contributed by atoms with Crippen molar-refractivity contribution in [3.8, 4) is 5.75 Å². The molecule has 4 aliphatic carbocycles. The monoisotopic (exact) mass is 580 g/mol. The molecule has 2 spiro atoms. The molecule has 3 saturated carbocycles. The Morgan fingerprint density at radius 1 is 0.977 bits per heavy atom. The molecule has 4 fully saturated rings. The second-order valence-electron chi connectivity index (χ2n) is 15.0. The lowest BCUT2D eigenvalue weighted by molar-refractivity contribution is -0.148. The quantitative estimate of drug-likeness (QED) is 0.422. The molecule has 0 radical (unpaired) electrons. The minimum atomic E-state index is -1.06. The normalized spacial score (nSPS) is 43.2. The molecule has 8 rings (SSSR count). The first kappa shape index (κ1) is 27.6. The topological polar surface area (TPSA) is 78.9 Å². The Hall–Kier alpha value is -2.96. The first-order valence-electron chi connectivity index (χ1n) is 16.3. The molecule has 1 saturated heterocycles. The zero-order chi connectivity index (χ0) is 29.9. The molecular formula is C37H44N2O4. The number of methoxy groups -OCH3 is 1. The van der Waals surface area contributed by atoms with Crippen molar-refractivity contribution in [1.82, 2.24) is 4.90 Å². The molecule has 2 aromatic rings. The van der Waals surface area contributed by atoms with E-state index in [0.29, 0.717) is 30.6 Å². The molecule has 1 amide bonds. The van der Waals surface area contributed by atoms with Crippen molar-refractivity contribution in [1.29, 1.82) is 0 Å². The van der Waals surface area contributed by atoms with E-state index in [0.717, 1.165) is 61.1 Å². The van der Waals surface area contributed by atoms with Crippen LogP contribution in [0.1, 0.15) is 75.8 Å². The van der Waals surface area contributed by atoms with Gasteiger partial charge in [-0.15, -0.1) is 0 Å². The fourth-order valence-corrected chi connectivity index (χ4v) is 11.6. The van der Waals surface area contributed by atoms with Crippen LogP contribution in [0.15, 0.2) is 60.2 Å². The summed E-state index contributed by atoms with van der Waals surface area (Å²) in [5.41, 5.74) is 1.96. The molecule has 2 aromatic carbocycles. The maximum absolute atomic E-state index is 15.7. The summed E-state index contributed by atoms with van der Waals surface area (Å²) in [5, 5.41) is 13.7. The van der Waals surface area contributed by atoms with E-state index in [4.69, 9.17) is 4.74 Å². The summed E-state index contributed by atoms with van der Waals surface area (Å²) in [6.07, 6.45) is 8.42. The number of anilines is 1. The van der Waals surface area contributed by atoms with Crippen molar-refractivity contribution >= 4 is 17.4 Å². The van der Waals surface area contributed by atoms with Crippen molar-refractivity contribution in [2.24, 2.45) is 34.0 Å². The van der Waals surface area contributed by atoms with E-state index >= 15 is 4.79 Å². The maximum atomic E-state index is 15.7. The number of Topliss-reactive ketones (excluding diaryl/α,β-unsaturated/α-hetero) is 1. The summed E-state index contributed by atoms with van der Waals surface area (Å²) >= 11 is 0. The predicted octanol–water partition coefficient (Wildman–Crippen LogP) is 6.06. The van der Waals surface area contributed by atoms with Gasteiger partial charge in [0.2, 0.25) is 0 Å². The van der Waals surface area contributed by atoms with Gasteiger partial charge in [0.05, 0.1) is 18.6 Å². The molecule has 0 unspecified atom stereocenters. The van der Waals surface area contributed by atoms with E-state index in [-0.39, 0.29) is 29.3 Å². The third-order valence-corrected chi connectivity index (χ3v) is 13.6. The molecule has 6 nitrogen and oxygen atoms in total. The highest BCUT2D eigenvalue weighted by Crippen LogP contribution is 2.75. The first-order valence-corrected chi connectivity index (χ1v) is 16.3. The number of nitrogens with zero attached hydrogens (tertiary/aromatic N) is 1. The van der Waals surface area contributed by atoms with E-state index in [1.54, 1.807) is 7.11 Å². The number of amides is 1. The minimum Gasteiger partial charge on any atom is -0.497 e. The van der Waals surface area contributed by atoms with E-state index in [9.17, 15) is 9.90 Å². The van der Waals surface area contributed by atoms with Crippen LogP contribution in [0.25, 0.3) is 0 Å². The Balaban J connectivity index is 1.32. The molecule has 6 heteroatoms. The summed E-state index contributed by atoms with van der Waals surface area (Å²) in [6.45, 7) is 5.31. The van der Waals surface area contributed by atoms with Crippen LogP contribution in [0.4, 0.5) is 5.69 Å². The highest BCUT2D eigenvalue weighted by molar-refractivity contribution is 6.12. The fraction of sp³-hybridized carbons (Fsp3) is 0.568. The Bertz CT molecular complexity index is 1550. The van der Waals surface area contributed by atoms with Crippen molar-refractivity contribution in [3.05, 3.63) is 71.3 Å². The summed E-state index contributed by atoms with van der Waals surface area (Å²) in [7, 11) is 3.73. The standard InChI is InChI=1S/C37H44N2O4/c1-34-17-15-24(40)19-23(34)11-14-26-27(34)16-18-35(2)29(26)20-36(32(35)41)30(22-9-12-25(43-4)13-10-22)21-39(3)37(36)28-7-5-6-8-31(28)38-33(37)42/h5-13,24,26-27,29-30,40H,14-21H2,1-4H3,(H,38,42)/t24-,26+,27-,29-,30-,34-,35-,36+,37+/m0/s1. The Kier molecular flexibility index (Phi) is 5.80. The summed E-state index contributed by atoms with van der Waals surface area (Å²) in [6, 6.07) is 16.3. The number of carbonyl (C=O) groups is 2. The SMILES string of the molecule is COc1ccc([C@@H]2CN(C)[C@]3(C(=O)Nc4ccccc43)[C@]23C[C@H]2[C@@H]4CC=C5C[C@@H](O)CC[C@]5(C)[C@H]4CC[C@]2(C)C3=O)cc1. The number of rotatable bonds is 2. The lowest BCUT2D eigenvalue weighted by atomic mass is 9.48. The van der Waals surface area contributed by atoms with Crippen LogP contribution in [-0.4, -0.2) is 48.5 Å². The molecule has 226 valence electrons. The van der Waals surface area contributed by atoms with Crippen molar-refractivity contribution < 1.29 is 19.4 Å². The maximum Gasteiger partial charge on any atom is 0.250 e. The van der Waals surface area contributed by atoms with Gasteiger partial charge in [-0.3, -0.25) is 14.5 Å². The third-order valence-electron chi connectivity index (χ3n) is 13.6. The number of ether oxygens (including phenoxy) is 1. The number of allylic oxidation sites excluding steroid dienone is 1. The number of carbonyl (C=O) groups excluding carboxylic acids is 2. The van der Waals surface area contributed by atoms with Gasteiger partial charge in [0.1, 0.15) is 17.1 Å². The third kappa shape index (κ3) is 3.22. The Morgan fingerprint density at radius 2 is 1.72 bits per heavy atom. The number of nitrogens with one attached hydrogen (secondary N) is 1. The molecule has 43 heavy (non-hydrogen) atoms. The van der Waals surface area contributed by atoms with Crippen LogP contribution in [0.3, 0.4) is 0 Å². The number of aliphatic hydroxyl groups is 1. The average Bonchev–Trinajstić information content (AvgIpc) is 3.55. The van der Waals surface area contributed by atoms with Crippen molar-refractivity contribution in [2.45, 2.75) is 76.4 Å².